The van der Waals surface area contributed by atoms with Gasteiger partial charge in [0.05, 0.1) is 10.0 Å². The second kappa shape index (κ2) is 7.87. The van der Waals surface area contributed by atoms with Crippen molar-refractivity contribution in [3.8, 4) is 11.5 Å². The zero-order chi connectivity index (χ0) is 21.6. The van der Waals surface area contributed by atoms with Crippen molar-refractivity contribution in [2.24, 2.45) is 0 Å². The van der Waals surface area contributed by atoms with Crippen LogP contribution >= 0.6 is 46.4 Å². The Morgan fingerprint density at radius 1 is 0.724 bits per heavy atom. The van der Waals surface area contributed by atoms with Crippen molar-refractivity contribution in [2.75, 3.05) is 0 Å². The summed E-state index contributed by atoms with van der Waals surface area (Å²) in [5, 5.41) is 19.2. The van der Waals surface area contributed by atoms with Gasteiger partial charge in [-0.25, -0.2) is 0 Å². The van der Waals surface area contributed by atoms with Gasteiger partial charge in [0.15, 0.2) is 4.75 Å². The van der Waals surface area contributed by atoms with E-state index in [-0.39, 0.29) is 43.3 Å². The van der Waals surface area contributed by atoms with Gasteiger partial charge in [-0.2, -0.15) is 8.42 Å². The van der Waals surface area contributed by atoms with Crippen molar-refractivity contribution in [3.05, 3.63) is 91.4 Å². The lowest BCUT2D eigenvalue weighted by atomic mass is 9.83. The minimum atomic E-state index is -4.99. The van der Waals surface area contributed by atoms with E-state index in [9.17, 15) is 23.2 Å². The molecule has 0 aromatic heterocycles. The molecule has 0 amide bonds. The number of rotatable bonds is 4. The smallest absolute Gasteiger partial charge is 0.283 e. The normalized spacial score (nSPS) is 13.8. The van der Waals surface area contributed by atoms with Crippen LogP contribution in [0.1, 0.15) is 16.7 Å². The average molecular weight is 494 g/mol. The van der Waals surface area contributed by atoms with Crippen molar-refractivity contribution in [1.82, 2.24) is 0 Å². The fourth-order valence-corrected chi connectivity index (χ4v) is 5.27. The first-order valence-corrected chi connectivity index (χ1v) is 10.8. The van der Waals surface area contributed by atoms with E-state index in [2.05, 4.69) is 0 Å². The Morgan fingerprint density at radius 3 is 1.83 bits per heavy atom. The third-order valence-electron chi connectivity index (χ3n) is 4.43. The van der Waals surface area contributed by atoms with Crippen LogP contribution in [-0.4, -0.2) is 23.2 Å². The lowest BCUT2D eigenvalue weighted by molar-refractivity contribution is 0.456. The summed E-state index contributed by atoms with van der Waals surface area (Å²) in [6.45, 7) is 0. The van der Waals surface area contributed by atoms with Gasteiger partial charge in [0.2, 0.25) is 0 Å². The molecular weight excluding hydrogens is 482 g/mol. The van der Waals surface area contributed by atoms with Crippen molar-refractivity contribution < 1.29 is 23.2 Å². The standard InChI is InChI=1S/C19H12Cl4O5S/c20-12-4-1-10(2-5-12)19(29(26,27)28,11-3-7-15(24)14(21)9-11)13-6-8-16(25)18(23)17(13)22/h1-9,24-25H,(H,26,27,28). The highest BCUT2D eigenvalue weighted by Crippen LogP contribution is 2.50. The molecule has 0 saturated heterocycles. The summed E-state index contributed by atoms with van der Waals surface area (Å²) < 4.78 is 34.1. The molecular formula is C19H12Cl4O5S. The molecule has 0 spiro atoms. The first-order chi connectivity index (χ1) is 13.5. The van der Waals surface area contributed by atoms with Crippen molar-refractivity contribution in [3.63, 3.8) is 0 Å². The Bertz CT molecular complexity index is 1200. The minimum absolute atomic E-state index is 0.0196. The lowest BCUT2D eigenvalue weighted by Crippen LogP contribution is -2.38. The Kier molecular flexibility index (Phi) is 5.98. The molecule has 152 valence electrons. The summed E-state index contributed by atoms with van der Waals surface area (Å²) in [6.07, 6.45) is 0. The van der Waals surface area contributed by atoms with Crippen molar-refractivity contribution in [1.29, 1.82) is 0 Å². The molecule has 5 nitrogen and oxygen atoms in total. The van der Waals surface area contributed by atoms with E-state index < -0.39 is 14.9 Å². The van der Waals surface area contributed by atoms with Gasteiger partial charge in [-0.15, -0.1) is 0 Å². The maximum absolute atomic E-state index is 12.9. The average Bonchev–Trinajstić information content (AvgIpc) is 2.65. The van der Waals surface area contributed by atoms with Crippen LogP contribution in [0.15, 0.2) is 54.6 Å². The number of hydrogen-bond acceptors (Lipinski definition) is 4. The summed E-state index contributed by atoms with van der Waals surface area (Å²) >= 11 is 24.3. The lowest BCUT2D eigenvalue weighted by Gasteiger charge is -2.33. The van der Waals surface area contributed by atoms with Crippen LogP contribution in [-0.2, 0) is 14.9 Å². The molecule has 0 aliphatic carbocycles. The third-order valence-corrected chi connectivity index (χ3v) is 7.32. The van der Waals surface area contributed by atoms with E-state index in [1.165, 1.54) is 48.5 Å². The highest BCUT2D eigenvalue weighted by atomic mass is 35.5. The molecule has 1 atom stereocenters. The fourth-order valence-electron chi connectivity index (χ4n) is 3.14. The van der Waals surface area contributed by atoms with Gasteiger partial charge in [-0.3, -0.25) is 4.55 Å². The first kappa shape index (κ1) is 22.0. The second-order valence-corrected chi connectivity index (χ2v) is 9.25. The van der Waals surface area contributed by atoms with Crippen LogP contribution in [0.5, 0.6) is 11.5 Å². The molecule has 0 aliphatic rings. The van der Waals surface area contributed by atoms with Crippen molar-refractivity contribution in [2.45, 2.75) is 4.75 Å². The number of aromatic hydroxyl groups is 2. The van der Waals surface area contributed by atoms with Gasteiger partial charge < -0.3 is 10.2 Å². The van der Waals surface area contributed by atoms with E-state index in [0.29, 0.717) is 5.02 Å². The van der Waals surface area contributed by atoms with Gasteiger partial charge in [-0.1, -0.05) is 70.7 Å². The molecule has 1 unspecified atom stereocenters. The summed E-state index contributed by atoms with van der Waals surface area (Å²) in [5.74, 6) is -0.657. The van der Waals surface area contributed by atoms with Gasteiger partial charge in [0.25, 0.3) is 10.1 Å². The Morgan fingerprint density at radius 2 is 1.28 bits per heavy atom. The van der Waals surface area contributed by atoms with Crippen LogP contribution in [0.4, 0.5) is 0 Å². The number of phenols is 2. The van der Waals surface area contributed by atoms with Gasteiger partial charge in [0, 0.05) is 10.6 Å². The first-order valence-electron chi connectivity index (χ1n) is 7.89. The third kappa shape index (κ3) is 3.65. The summed E-state index contributed by atoms with van der Waals surface area (Å²) in [5.41, 5.74) is -0.0721. The topological polar surface area (TPSA) is 94.8 Å². The van der Waals surface area contributed by atoms with Crippen LogP contribution in [0.3, 0.4) is 0 Å². The molecule has 3 aromatic rings. The molecule has 3 rings (SSSR count). The Hall–Kier alpha value is -1.67. The van der Waals surface area contributed by atoms with Gasteiger partial charge in [0.1, 0.15) is 16.5 Å². The number of hydrogen-bond donors (Lipinski definition) is 3. The highest BCUT2D eigenvalue weighted by molar-refractivity contribution is 7.87. The van der Waals surface area contributed by atoms with E-state index in [1.807, 2.05) is 0 Å². The number of halogens is 4. The van der Waals surface area contributed by atoms with Crippen LogP contribution < -0.4 is 0 Å². The zero-order valence-electron chi connectivity index (χ0n) is 14.3. The molecule has 10 heteroatoms. The van der Waals surface area contributed by atoms with E-state index >= 15 is 0 Å². The highest BCUT2D eigenvalue weighted by Gasteiger charge is 2.50. The minimum Gasteiger partial charge on any atom is -0.506 e. The van der Waals surface area contributed by atoms with Crippen LogP contribution in [0.25, 0.3) is 0 Å². The molecule has 0 heterocycles. The largest absolute Gasteiger partial charge is 0.506 e. The van der Waals surface area contributed by atoms with Gasteiger partial charge >= 0.3 is 0 Å². The predicted octanol–water partition coefficient (Wildman–Crippen LogP) is 5.89. The number of phenolic OH excluding ortho intramolecular Hbond substituents is 2. The quantitative estimate of drug-likeness (QED) is 0.311. The predicted molar refractivity (Wildman–Crippen MR) is 114 cm³/mol. The molecule has 0 aliphatic heterocycles. The van der Waals surface area contributed by atoms with E-state index in [1.54, 1.807) is 0 Å². The zero-order valence-corrected chi connectivity index (χ0v) is 18.1. The van der Waals surface area contributed by atoms with Crippen LogP contribution in [0, 0.1) is 0 Å². The fraction of sp³-hybridized carbons (Fsp3) is 0.0526. The van der Waals surface area contributed by atoms with Crippen molar-refractivity contribution >= 4 is 56.5 Å². The molecule has 0 fully saturated rings. The monoisotopic (exact) mass is 492 g/mol. The molecule has 0 bridgehead atoms. The maximum atomic E-state index is 12.9. The van der Waals surface area contributed by atoms with Crippen LogP contribution in [0.2, 0.25) is 20.1 Å². The molecule has 0 radical (unpaired) electrons. The molecule has 3 N–H and O–H groups in total. The Balaban J connectivity index is 2.56. The van der Waals surface area contributed by atoms with E-state index in [0.717, 1.165) is 6.07 Å². The van der Waals surface area contributed by atoms with E-state index in [4.69, 9.17) is 46.4 Å². The number of benzene rings is 3. The SMILES string of the molecule is O=S(=O)(O)C(c1ccc(Cl)cc1)(c1ccc(O)c(Cl)c1)c1ccc(O)c(Cl)c1Cl. The molecule has 29 heavy (non-hydrogen) atoms. The molecule has 3 aromatic carbocycles. The maximum Gasteiger partial charge on any atom is 0.283 e. The summed E-state index contributed by atoms with van der Waals surface area (Å²) in [4.78, 5) is 0. The summed E-state index contributed by atoms with van der Waals surface area (Å²) in [6, 6.07) is 11.7. The second-order valence-electron chi connectivity index (χ2n) is 6.09. The Labute approximate surface area is 186 Å². The molecule has 0 saturated carbocycles. The summed E-state index contributed by atoms with van der Waals surface area (Å²) in [7, 11) is -4.99. The van der Waals surface area contributed by atoms with Gasteiger partial charge in [-0.05, 0) is 41.5 Å².